The van der Waals surface area contributed by atoms with Gasteiger partial charge in [-0.05, 0) is 12.1 Å². The molecule has 1 rings (SSSR count). The monoisotopic (exact) mass is 303 g/mol. The summed E-state index contributed by atoms with van der Waals surface area (Å²) in [5.41, 5.74) is 0. The van der Waals surface area contributed by atoms with Gasteiger partial charge < -0.3 is 5.11 Å². The number of halogens is 3. The zero-order chi connectivity index (χ0) is 14.0. The summed E-state index contributed by atoms with van der Waals surface area (Å²) in [5, 5.41) is 8.69. The van der Waals surface area contributed by atoms with Crippen LogP contribution in [0, 0.1) is 0 Å². The largest absolute Gasteiger partial charge is 0.402 e. The number of nitrogens with zero attached hydrogens (tertiary/aromatic N) is 1. The summed E-state index contributed by atoms with van der Waals surface area (Å²) in [7, 11) is -3.24. The molecule has 18 heavy (non-hydrogen) atoms. The zero-order valence-corrected chi connectivity index (χ0v) is 11.1. The van der Waals surface area contributed by atoms with Crippen molar-refractivity contribution < 1.29 is 26.7 Å². The maximum atomic E-state index is 12.1. The minimum atomic E-state index is -4.58. The molecule has 1 aromatic heterocycles. The van der Waals surface area contributed by atoms with Crippen LogP contribution in [0.3, 0.4) is 0 Å². The lowest BCUT2D eigenvalue weighted by atomic mass is 10.4. The molecule has 0 unspecified atom stereocenters. The number of aliphatic hydroxyl groups excluding tert-OH is 1. The average Bonchev–Trinajstić information content (AvgIpc) is 2.64. The van der Waals surface area contributed by atoms with Crippen molar-refractivity contribution >= 4 is 21.4 Å². The lowest BCUT2D eigenvalue weighted by Gasteiger charge is -2.17. The van der Waals surface area contributed by atoms with Crippen molar-refractivity contribution in [3.05, 3.63) is 17.0 Å². The summed E-state index contributed by atoms with van der Waals surface area (Å²) in [6.07, 6.45) is -4.30. The number of alkyl halides is 3. The lowest BCUT2D eigenvalue weighted by molar-refractivity contribution is -0.134. The zero-order valence-electron chi connectivity index (χ0n) is 9.44. The highest BCUT2D eigenvalue weighted by molar-refractivity contribution is 7.91. The van der Waals surface area contributed by atoms with Crippen molar-refractivity contribution in [1.29, 1.82) is 0 Å². The maximum absolute atomic E-state index is 12.1. The maximum Gasteiger partial charge on any atom is 0.402 e. The van der Waals surface area contributed by atoms with Gasteiger partial charge in [0.25, 0.3) is 10.0 Å². The first-order chi connectivity index (χ1) is 8.16. The van der Waals surface area contributed by atoms with Crippen LogP contribution in [-0.2, 0) is 16.4 Å². The van der Waals surface area contributed by atoms with E-state index in [0.29, 0.717) is 4.88 Å². The van der Waals surface area contributed by atoms with Gasteiger partial charge in [-0.3, -0.25) is 0 Å². The van der Waals surface area contributed by atoms with Crippen molar-refractivity contribution in [2.45, 2.75) is 16.8 Å². The summed E-state index contributed by atoms with van der Waals surface area (Å²) in [4.78, 5) is 0.608. The molecule has 1 aromatic rings. The number of sulfonamides is 1. The van der Waals surface area contributed by atoms with E-state index in [1.807, 2.05) is 0 Å². The third kappa shape index (κ3) is 3.94. The van der Waals surface area contributed by atoms with Gasteiger partial charge in [0.15, 0.2) is 0 Å². The Kier molecular flexibility index (Phi) is 4.76. The lowest BCUT2D eigenvalue weighted by Crippen LogP contribution is -2.35. The summed E-state index contributed by atoms with van der Waals surface area (Å²) < 4.78 is 60.1. The molecule has 9 heteroatoms. The first-order valence-electron chi connectivity index (χ1n) is 4.89. The number of hydrogen-bond donors (Lipinski definition) is 1. The average molecular weight is 303 g/mol. The highest BCUT2D eigenvalue weighted by Gasteiger charge is 2.35. The second-order valence-electron chi connectivity index (χ2n) is 3.57. The van der Waals surface area contributed by atoms with Crippen molar-refractivity contribution in [3.8, 4) is 0 Å². The van der Waals surface area contributed by atoms with Crippen LogP contribution in [0.2, 0.25) is 0 Å². The molecule has 0 aromatic carbocycles. The number of hydrogen-bond acceptors (Lipinski definition) is 4. The van der Waals surface area contributed by atoms with Gasteiger partial charge in [-0.15, -0.1) is 11.3 Å². The van der Waals surface area contributed by atoms with Gasteiger partial charge in [-0.25, -0.2) is 8.42 Å². The smallest absolute Gasteiger partial charge is 0.396 e. The van der Waals surface area contributed by atoms with E-state index in [0.717, 1.165) is 18.4 Å². The molecule has 0 atom stereocenters. The topological polar surface area (TPSA) is 57.6 Å². The molecule has 0 spiro atoms. The Morgan fingerprint density at radius 2 is 2.00 bits per heavy atom. The molecule has 0 saturated carbocycles. The Morgan fingerprint density at radius 1 is 1.39 bits per heavy atom. The van der Waals surface area contributed by atoms with Gasteiger partial charge in [0.2, 0.25) is 0 Å². The van der Waals surface area contributed by atoms with Gasteiger partial charge >= 0.3 is 6.18 Å². The summed E-state index contributed by atoms with van der Waals surface area (Å²) in [6.45, 7) is -1.67. The van der Waals surface area contributed by atoms with E-state index in [9.17, 15) is 21.6 Å². The van der Waals surface area contributed by atoms with Crippen LogP contribution >= 0.6 is 11.3 Å². The van der Waals surface area contributed by atoms with E-state index in [4.69, 9.17) is 5.11 Å². The number of rotatable bonds is 5. The van der Waals surface area contributed by atoms with Gasteiger partial charge in [-0.2, -0.15) is 17.5 Å². The van der Waals surface area contributed by atoms with E-state index in [1.165, 1.54) is 12.1 Å². The fourth-order valence-corrected chi connectivity index (χ4v) is 3.94. The molecule has 0 aliphatic heterocycles. The number of thiophene rings is 1. The summed E-state index contributed by atoms with van der Waals surface area (Å²) >= 11 is 0.862. The molecular formula is C9H12F3NO3S2. The van der Waals surface area contributed by atoms with Gasteiger partial charge in [0, 0.05) is 25.0 Å². The van der Waals surface area contributed by atoms with Crippen molar-refractivity contribution in [2.75, 3.05) is 20.2 Å². The molecule has 0 aliphatic carbocycles. The molecular weight excluding hydrogens is 291 g/mol. The van der Waals surface area contributed by atoms with E-state index in [2.05, 4.69) is 0 Å². The molecule has 1 heterocycles. The van der Waals surface area contributed by atoms with Crippen molar-refractivity contribution in [3.63, 3.8) is 0 Å². The van der Waals surface area contributed by atoms with Gasteiger partial charge in [0.05, 0.1) is 0 Å². The summed E-state index contributed by atoms with van der Waals surface area (Å²) in [6, 6.07) is 2.73. The van der Waals surface area contributed by atoms with Crippen LogP contribution in [0.5, 0.6) is 0 Å². The van der Waals surface area contributed by atoms with Crippen LogP contribution in [0.1, 0.15) is 4.88 Å². The quantitative estimate of drug-likeness (QED) is 0.896. The molecule has 0 aliphatic rings. The molecule has 0 bridgehead atoms. The fraction of sp³-hybridized carbons (Fsp3) is 0.556. The van der Waals surface area contributed by atoms with Gasteiger partial charge in [0.1, 0.15) is 10.8 Å². The predicted molar refractivity (Wildman–Crippen MR) is 61.0 cm³/mol. The van der Waals surface area contributed by atoms with E-state index < -0.39 is 22.7 Å². The van der Waals surface area contributed by atoms with Crippen LogP contribution < -0.4 is 0 Å². The Morgan fingerprint density at radius 3 is 2.50 bits per heavy atom. The Bertz CT molecular complexity index is 495. The first kappa shape index (κ1) is 15.4. The molecule has 104 valence electrons. The van der Waals surface area contributed by atoms with Crippen LogP contribution in [0.15, 0.2) is 16.3 Å². The molecule has 0 fully saturated rings. The molecule has 0 amide bonds. The SMILES string of the molecule is CN(CC(F)(F)F)S(=O)(=O)c1ccc(CCO)s1. The van der Waals surface area contributed by atoms with E-state index in [-0.39, 0.29) is 21.5 Å². The normalized spacial score (nSPS) is 13.2. The number of aliphatic hydroxyl groups is 1. The first-order valence-corrected chi connectivity index (χ1v) is 7.15. The standard InChI is InChI=1S/C9H12F3NO3S2/c1-13(6-9(10,11)12)18(15,16)8-3-2-7(17-8)4-5-14/h2-3,14H,4-6H2,1H3. The van der Waals surface area contributed by atoms with E-state index >= 15 is 0 Å². The van der Waals surface area contributed by atoms with Crippen LogP contribution in [0.4, 0.5) is 13.2 Å². The van der Waals surface area contributed by atoms with Crippen molar-refractivity contribution in [2.24, 2.45) is 0 Å². The van der Waals surface area contributed by atoms with Crippen LogP contribution in [0.25, 0.3) is 0 Å². The second-order valence-corrected chi connectivity index (χ2v) is 7.01. The fourth-order valence-electron chi connectivity index (χ4n) is 1.23. The second kappa shape index (κ2) is 5.55. The Labute approximate surface area is 107 Å². The summed E-state index contributed by atoms with van der Waals surface area (Å²) in [5.74, 6) is 0. The minimum absolute atomic E-state index is 0.140. The van der Waals surface area contributed by atoms with Gasteiger partial charge in [-0.1, -0.05) is 0 Å². The molecule has 0 radical (unpaired) electrons. The molecule has 4 nitrogen and oxygen atoms in total. The Balaban J connectivity index is 2.91. The Hall–Kier alpha value is -0.640. The van der Waals surface area contributed by atoms with E-state index in [1.54, 1.807) is 0 Å². The molecule has 0 saturated heterocycles. The minimum Gasteiger partial charge on any atom is -0.396 e. The predicted octanol–water partition coefficient (Wildman–Crippen LogP) is 1.47. The van der Waals surface area contributed by atoms with Crippen LogP contribution in [-0.4, -0.2) is 44.2 Å². The third-order valence-electron chi connectivity index (χ3n) is 2.06. The highest BCUT2D eigenvalue weighted by Crippen LogP contribution is 2.26. The van der Waals surface area contributed by atoms with Crippen molar-refractivity contribution in [1.82, 2.24) is 4.31 Å². The molecule has 1 N–H and O–H groups in total. The highest BCUT2D eigenvalue weighted by atomic mass is 32.2. The third-order valence-corrected chi connectivity index (χ3v) is 5.48.